The first kappa shape index (κ1) is 18.9. The summed E-state index contributed by atoms with van der Waals surface area (Å²) >= 11 is 5.98. The van der Waals surface area contributed by atoms with Crippen LogP contribution in [0.4, 0.5) is 11.8 Å². The van der Waals surface area contributed by atoms with Gasteiger partial charge in [-0.2, -0.15) is 4.98 Å². The van der Waals surface area contributed by atoms with Gasteiger partial charge in [0.1, 0.15) is 5.82 Å². The first-order valence-corrected chi connectivity index (χ1v) is 10.0. The molecule has 2 aromatic rings. The topological polar surface area (TPSA) is 62.7 Å². The lowest BCUT2D eigenvalue weighted by molar-refractivity contribution is 0.361. The average molecular weight is 374 g/mol. The fourth-order valence-electron chi connectivity index (χ4n) is 3.27. The monoisotopic (exact) mass is 373 g/mol. The zero-order valence-corrected chi connectivity index (χ0v) is 16.4. The maximum absolute atomic E-state index is 5.98. The van der Waals surface area contributed by atoms with E-state index in [1.807, 2.05) is 18.3 Å². The van der Waals surface area contributed by atoms with Crippen molar-refractivity contribution in [3.63, 3.8) is 0 Å². The van der Waals surface area contributed by atoms with Gasteiger partial charge < -0.3 is 10.6 Å². The molecule has 1 fully saturated rings. The molecule has 0 saturated heterocycles. The lowest BCUT2D eigenvalue weighted by atomic mass is 9.87. The van der Waals surface area contributed by atoms with Crippen molar-refractivity contribution in [1.82, 2.24) is 15.0 Å². The Hall–Kier alpha value is -1.88. The second-order valence-electron chi connectivity index (χ2n) is 7.20. The molecule has 0 aliphatic heterocycles. The molecule has 0 radical (unpaired) electrons. The summed E-state index contributed by atoms with van der Waals surface area (Å²) in [6, 6.07) is 4.22. The number of hydrogen-bond donors (Lipinski definition) is 2. The summed E-state index contributed by atoms with van der Waals surface area (Å²) in [5.41, 5.74) is 1.75. The van der Waals surface area contributed by atoms with E-state index in [0.717, 1.165) is 42.4 Å². The van der Waals surface area contributed by atoms with Gasteiger partial charge in [0.2, 0.25) is 5.95 Å². The van der Waals surface area contributed by atoms with Gasteiger partial charge in [-0.3, -0.25) is 4.98 Å². The highest BCUT2D eigenvalue weighted by molar-refractivity contribution is 6.30. The van der Waals surface area contributed by atoms with Crippen molar-refractivity contribution < 1.29 is 0 Å². The van der Waals surface area contributed by atoms with Crippen LogP contribution in [0.25, 0.3) is 11.3 Å². The maximum atomic E-state index is 5.98. The Kier molecular flexibility index (Phi) is 6.67. The molecule has 26 heavy (non-hydrogen) atoms. The zero-order chi connectivity index (χ0) is 18.4. The Balaban J connectivity index is 1.83. The molecule has 0 bridgehead atoms. The first-order valence-electron chi connectivity index (χ1n) is 9.65. The molecule has 3 rings (SSSR count). The van der Waals surface area contributed by atoms with Gasteiger partial charge in [-0.25, -0.2) is 4.98 Å². The molecule has 0 atom stereocenters. The number of aromatic nitrogens is 3. The van der Waals surface area contributed by atoms with Gasteiger partial charge in [-0.1, -0.05) is 31.9 Å². The summed E-state index contributed by atoms with van der Waals surface area (Å²) in [5.74, 6) is 2.35. The van der Waals surface area contributed by atoms with Gasteiger partial charge >= 0.3 is 0 Å². The minimum Gasteiger partial charge on any atom is -0.367 e. The van der Waals surface area contributed by atoms with Crippen molar-refractivity contribution >= 4 is 23.4 Å². The van der Waals surface area contributed by atoms with E-state index < -0.39 is 0 Å². The molecule has 5 nitrogen and oxygen atoms in total. The van der Waals surface area contributed by atoms with E-state index >= 15 is 0 Å². The number of unbranched alkanes of at least 4 members (excludes halogenated alkanes) is 1. The van der Waals surface area contributed by atoms with Crippen molar-refractivity contribution in [3.05, 3.63) is 29.5 Å². The van der Waals surface area contributed by atoms with Crippen LogP contribution in [-0.4, -0.2) is 27.5 Å². The average Bonchev–Trinajstić information content (AvgIpc) is 2.65. The molecule has 2 aromatic heterocycles. The standard InChI is InChI=1S/C20H28ClN5/c1-3-4-11-22-20-24-13-17(18-10-7-15(21)12-23-18)19(26-20)25-16-8-5-14(2)6-9-16/h7,10,12-14,16H,3-6,8-9,11H2,1-2H3,(H2,22,24,25,26). The zero-order valence-electron chi connectivity index (χ0n) is 15.6. The van der Waals surface area contributed by atoms with E-state index in [-0.39, 0.29) is 0 Å². The minimum absolute atomic E-state index is 0.454. The van der Waals surface area contributed by atoms with E-state index in [0.29, 0.717) is 17.0 Å². The maximum Gasteiger partial charge on any atom is 0.224 e. The lowest BCUT2D eigenvalue weighted by Crippen LogP contribution is -2.26. The fraction of sp³-hybridized carbons (Fsp3) is 0.550. The largest absolute Gasteiger partial charge is 0.367 e. The van der Waals surface area contributed by atoms with Gasteiger partial charge in [0, 0.05) is 25.0 Å². The quantitative estimate of drug-likeness (QED) is 0.636. The highest BCUT2D eigenvalue weighted by Crippen LogP contribution is 2.30. The van der Waals surface area contributed by atoms with E-state index in [1.54, 1.807) is 6.20 Å². The summed E-state index contributed by atoms with van der Waals surface area (Å²) in [6.45, 7) is 5.39. The van der Waals surface area contributed by atoms with Crippen LogP contribution in [0.1, 0.15) is 52.4 Å². The smallest absolute Gasteiger partial charge is 0.224 e. The van der Waals surface area contributed by atoms with Crippen molar-refractivity contribution in [3.8, 4) is 11.3 Å². The summed E-state index contributed by atoms with van der Waals surface area (Å²) in [4.78, 5) is 13.7. The number of nitrogens with zero attached hydrogens (tertiary/aromatic N) is 3. The van der Waals surface area contributed by atoms with Crippen LogP contribution in [0.3, 0.4) is 0 Å². The number of rotatable bonds is 7. The molecular weight excluding hydrogens is 346 g/mol. The highest BCUT2D eigenvalue weighted by atomic mass is 35.5. The van der Waals surface area contributed by atoms with Crippen LogP contribution in [0.2, 0.25) is 5.02 Å². The first-order chi connectivity index (χ1) is 12.7. The van der Waals surface area contributed by atoms with Crippen LogP contribution < -0.4 is 10.6 Å². The number of halogens is 1. The minimum atomic E-state index is 0.454. The summed E-state index contributed by atoms with van der Waals surface area (Å²) in [5, 5.41) is 7.59. The Morgan fingerprint density at radius 2 is 1.92 bits per heavy atom. The summed E-state index contributed by atoms with van der Waals surface area (Å²) in [6.07, 6.45) is 10.6. The third kappa shape index (κ3) is 5.07. The van der Waals surface area contributed by atoms with Gasteiger partial charge in [-0.05, 0) is 50.2 Å². The van der Waals surface area contributed by atoms with Crippen LogP contribution >= 0.6 is 11.6 Å². The van der Waals surface area contributed by atoms with Crippen LogP contribution in [0.5, 0.6) is 0 Å². The van der Waals surface area contributed by atoms with E-state index in [9.17, 15) is 0 Å². The van der Waals surface area contributed by atoms with Gasteiger partial charge in [0.25, 0.3) is 0 Å². The molecule has 0 unspecified atom stereocenters. The van der Waals surface area contributed by atoms with E-state index in [2.05, 4.69) is 34.4 Å². The predicted molar refractivity (Wildman–Crippen MR) is 109 cm³/mol. The molecule has 1 aliphatic rings. The number of hydrogen-bond acceptors (Lipinski definition) is 5. The normalized spacial score (nSPS) is 20.0. The summed E-state index contributed by atoms with van der Waals surface area (Å²) < 4.78 is 0. The Bertz CT molecular complexity index is 696. The molecular formula is C20H28ClN5. The van der Waals surface area contributed by atoms with Crippen LogP contribution in [0.15, 0.2) is 24.5 Å². The SMILES string of the molecule is CCCCNc1ncc(-c2ccc(Cl)cn2)c(NC2CCC(C)CC2)n1. The number of nitrogens with one attached hydrogen (secondary N) is 2. The molecule has 0 aromatic carbocycles. The second-order valence-corrected chi connectivity index (χ2v) is 7.64. The third-order valence-corrected chi connectivity index (χ3v) is 5.19. The lowest BCUT2D eigenvalue weighted by Gasteiger charge is -2.28. The van der Waals surface area contributed by atoms with Crippen molar-refractivity contribution in [1.29, 1.82) is 0 Å². The van der Waals surface area contributed by atoms with Crippen molar-refractivity contribution in [2.24, 2.45) is 5.92 Å². The number of anilines is 2. The molecule has 140 valence electrons. The van der Waals surface area contributed by atoms with Gasteiger partial charge in [-0.15, -0.1) is 0 Å². The number of pyridine rings is 1. The van der Waals surface area contributed by atoms with E-state index in [1.165, 1.54) is 25.7 Å². The van der Waals surface area contributed by atoms with Crippen LogP contribution in [0, 0.1) is 5.92 Å². The van der Waals surface area contributed by atoms with Gasteiger partial charge in [0.05, 0.1) is 16.3 Å². The molecule has 0 amide bonds. The molecule has 6 heteroatoms. The molecule has 2 heterocycles. The summed E-state index contributed by atoms with van der Waals surface area (Å²) in [7, 11) is 0. The Labute approximate surface area is 161 Å². The predicted octanol–water partition coefficient (Wildman–Crippen LogP) is 5.39. The third-order valence-electron chi connectivity index (χ3n) is 4.96. The van der Waals surface area contributed by atoms with Crippen LogP contribution in [-0.2, 0) is 0 Å². The highest BCUT2D eigenvalue weighted by Gasteiger charge is 2.20. The van der Waals surface area contributed by atoms with Gasteiger partial charge in [0.15, 0.2) is 0 Å². The second kappa shape index (κ2) is 9.17. The molecule has 2 N–H and O–H groups in total. The molecule has 1 saturated carbocycles. The molecule has 0 spiro atoms. The van der Waals surface area contributed by atoms with E-state index in [4.69, 9.17) is 16.6 Å². The molecule has 1 aliphatic carbocycles. The Morgan fingerprint density at radius 1 is 1.12 bits per heavy atom. The fourth-order valence-corrected chi connectivity index (χ4v) is 3.39. The Morgan fingerprint density at radius 3 is 2.62 bits per heavy atom. The van der Waals surface area contributed by atoms with Crippen molar-refractivity contribution in [2.75, 3.05) is 17.2 Å². The van der Waals surface area contributed by atoms with Crippen molar-refractivity contribution in [2.45, 2.75) is 58.4 Å².